The second-order valence-electron chi connectivity index (χ2n) is 14.2. The molecule has 0 fully saturated rings. The van der Waals surface area contributed by atoms with Crippen molar-refractivity contribution in [3.8, 4) is 33.4 Å². The molecule has 0 atom stereocenters. The summed E-state index contributed by atoms with van der Waals surface area (Å²) in [5, 5.41) is 5.48. The van der Waals surface area contributed by atoms with Crippen LogP contribution >= 0.6 is 0 Å². The normalized spacial score (nSPS) is 13.1. The van der Waals surface area contributed by atoms with Gasteiger partial charge in [0, 0.05) is 0 Å². The Morgan fingerprint density at radius 1 is 0.412 bits per heavy atom. The molecule has 0 bridgehead atoms. The summed E-state index contributed by atoms with van der Waals surface area (Å²) in [6.07, 6.45) is 0. The van der Waals surface area contributed by atoms with Crippen LogP contribution in [0.5, 0.6) is 0 Å². The summed E-state index contributed by atoms with van der Waals surface area (Å²) in [5.41, 5.74) is 13.7. The van der Waals surface area contributed by atoms with Crippen molar-refractivity contribution >= 4 is 61.6 Å². The molecule has 1 heterocycles. The van der Waals surface area contributed by atoms with Crippen molar-refractivity contribution in [3.05, 3.63) is 187 Å². The third-order valence-corrected chi connectivity index (χ3v) is 13.4. The average molecular weight is 717 g/mol. The van der Waals surface area contributed by atoms with Gasteiger partial charge in [-0.25, -0.2) is 0 Å². The summed E-state index contributed by atoms with van der Waals surface area (Å²) in [6.45, 7) is 4.72. The van der Waals surface area contributed by atoms with Crippen LogP contribution in [-0.4, -0.2) is 14.5 Å². The SMILES string of the molecule is CC1(C)c2ccccc2-c2ccc(N(c3cccc(-c4ccccc4)c3)c3cccc(-c4ccc5ccc6c7ccccc7[se]c6c5c4)c3)cc21. The van der Waals surface area contributed by atoms with Crippen molar-refractivity contribution in [1.82, 2.24) is 0 Å². The van der Waals surface area contributed by atoms with E-state index in [4.69, 9.17) is 0 Å². The summed E-state index contributed by atoms with van der Waals surface area (Å²) >= 11 is 0.299. The fraction of sp³-hybridized carbons (Fsp3) is 0.0612. The maximum atomic E-state index is 2.44. The molecule has 1 aliphatic rings. The van der Waals surface area contributed by atoms with Gasteiger partial charge in [0.15, 0.2) is 0 Å². The van der Waals surface area contributed by atoms with Crippen LogP contribution in [-0.2, 0) is 5.41 Å². The van der Waals surface area contributed by atoms with Crippen molar-refractivity contribution < 1.29 is 0 Å². The summed E-state index contributed by atoms with van der Waals surface area (Å²) in [7, 11) is 0. The van der Waals surface area contributed by atoms with Crippen molar-refractivity contribution in [3.63, 3.8) is 0 Å². The van der Waals surface area contributed by atoms with Gasteiger partial charge in [-0.05, 0) is 11.1 Å². The van der Waals surface area contributed by atoms with E-state index in [2.05, 4.69) is 195 Å². The van der Waals surface area contributed by atoms with E-state index in [1.807, 2.05) is 0 Å². The van der Waals surface area contributed by atoms with Gasteiger partial charge in [-0.15, -0.1) is 0 Å². The minimum absolute atomic E-state index is 0.0894. The van der Waals surface area contributed by atoms with Gasteiger partial charge in [0.25, 0.3) is 0 Å². The van der Waals surface area contributed by atoms with E-state index in [-0.39, 0.29) is 5.41 Å². The zero-order valence-electron chi connectivity index (χ0n) is 28.6. The topological polar surface area (TPSA) is 3.24 Å². The van der Waals surface area contributed by atoms with E-state index < -0.39 is 0 Å². The van der Waals surface area contributed by atoms with Crippen molar-refractivity contribution in [2.75, 3.05) is 4.90 Å². The number of anilines is 3. The molecular weight excluding hydrogens is 682 g/mol. The van der Waals surface area contributed by atoms with Crippen molar-refractivity contribution in [2.24, 2.45) is 0 Å². The Balaban J connectivity index is 1.14. The number of hydrogen-bond acceptors (Lipinski definition) is 1. The monoisotopic (exact) mass is 717 g/mol. The second-order valence-corrected chi connectivity index (χ2v) is 16.4. The third kappa shape index (κ3) is 4.90. The summed E-state index contributed by atoms with van der Waals surface area (Å²) < 4.78 is 2.98. The van der Waals surface area contributed by atoms with Crippen LogP contribution in [0, 0.1) is 0 Å². The minimum atomic E-state index is -0.0894. The van der Waals surface area contributed by atoms with Crippen molar-refractivity contribution in [2.45, 2.75) is 19.3 Å². The molecule has 2 heteroatoms. The first-order chi connectivity index (χ1) is 25.0. The Labute approximate surface area is 304 Å². The van der Waals surface area contributed by atoms with Crippen LogP contribution in [0.4, 0.5) is 17.1 Å². The number of fused-ring (bicyclic) bond motifs is 8. The Kier molecular flexibility index (Phi) is 6.93. The molecule has 0 saturated carbocycles. The number of hydrogen-bond donors (Lipinski definition) is 0. The molecule has 0 saturated heterocycles. The molecule has 8 aromatic carbocycles. The average Bonchev–Trinajstić information content (AvgIpc) is 3.68. The molecule has 0 aliphatic heterocycles. The predicted octanol–water partition coefficient (Wildman–Crippen LogP) is 13.3. The summed E-state index contributed by atoms with van der Waals surface area (Å²) in [6, 6.07) is 65.3. The van der Waals surface area contributed by atoms with Crippen LogP contribution < -0.4 is 4.90 Å². The zero-order chi connectivity index (χ0) is 34.1. The van der Waals surface area contributed by atoms with Gasteiger partial charge in [-0.1, -0.05) is 68.4 Å². The van der Waals surface area contributed by atoms with Gasteiger partial charge in [0.05, 0.1) is 0 Å². The van der Waals surface area contributed by atoms with E-state index in [9.17, 15) is 0 Å². The third-order valence-electron chi connectivity index (χ3n) is 10.8. The van der Waals surface area contributed by atoms with Crippen molar-refractivity contribution in [1.29, 1.82) is 0 Å². The predicted molar refractivity (Wildman–Crippen MR) is 219 cm³/mol. The number of rotatable bonds is 5. The molecular formula is C49H35NSe. The fourth-order valence-corrected chi connectivity index (χ4v) is 10.8. The maximum absolute atomic E-state index is 2.44. The van der Waals surface area contributed by atoms with E-state index in [1.54, 1.807) is 0 Å². The first-order valence-electron chi connectivity index (χ1n) is 17.7. The molecule has 0 unspecified atom stereocenters. The molecule has 1 nitrogen and oxygen atoms in total. The first-order valence-corrected chi connectivity index (χ1v) is 19.4. The number of nitrogens with zero attached hydrogens (tertiary/aromatic N) is 1. The standard InChI is InChI=1S/C49H35NSe/c1-49(2)45-20-8-6-18-40(45)41-27-25-39(31-46(41)49)50(37-16-10-14-34(28-37)32-12-4-3-5-13-32)38-17-11-15-35(29-38)36-23-22-33-24-26-43-42-19-7-9-21-47(42)51-48(43)44(33)30-36/h3-31H,1-2H3. The Morgan fingerprint density at radius 2 is 1.04 bits per heavy atom. The Hall–Kier alpha value is -5.66. The molecule has 51 heavy (non-hydrogen) atoms. The molecule has 0 spiro atoms. The number of benzene rings is 8. The van der Waals surface area contributed by atoms with Gasteiger partial charge in [-0.3, -0.25) is 0 Å². The molecule has 10 rings (SSSR count). The van der Waals surface area contributed by atoms with E-state index in [0.29, 0.717) is 14.5 Å². The second kappa shape index (κ2) is 11.7. The quantitative estimate of drug-likeness (QED) is 0.160. The summed E-state index contributed by atoms with van der Waals surface area (Å²) in [5.74, 6) is 0. The molecule has 1 aliphatic carbocycles. The molecule has 242 valence electrons. The van der Waals surface area contributed by atoms with E-state index in [1.165, 1.54) is 74.6 Å². The van der Waals surface area contributed by atoms with Crippen LogP contribution in [0.1, 0.15) is 25.0 Å². The van der Waals surface area contributed by atoms with Gasteiger partial charge in [0.1, 0.15) is 0 Å². The first kappa shape index (κ1) is 30.2. The molecule has 9 aromatic rings. The Morgan fingerprint density at radius 3 is 1.86 bits per heavy atom. The molecule has 0 amide bonds. The van der Waals surface area contributed by atoms with Gasteiger partial charge in [-0.2, -0.15) is 0 Å². The van der Waals surface area contributed by atoms with Crippen LogP contribution in [0.2, 0.25) is 0 Å². The van der Waals surface area contributed by atoms with Crippen LogP contribution in [0.3, 0.4) is 0 Å². The molecule has 1 aromatic heterocycles. The van der Waals surface area contributed by atoms with E-state index in [0.717, 1.165) is 17.1 Å². The van der Waals surface area contributed by atoms with Crippen LogP contribution in [0.15, 0.2) is 176 Å². The van der Waals surface area contributed by atoms with Gasteiger partial charge in [0.2, 0.25) is 0 Å². The molecule has 0 radical (unpaired) electrons. The fourth-order valence-electron chi connectivity index (χ4n) is 8.24. The van der Waals surface area contributed by atoms with Gasteiger partial charge >= 0.3 is 227 Å². The Bertz CT molecular complexity index is 2790. The van der Waals surface area contributed by atoms with Crippen LogP contribution in [0.25, 0.3) is 63.4 Å². The van der Waals surface area contributed by atoms with Gasteiger partial charge < -0.3 is 0 Å². The summed E-state index contributed by atoms with van der Waals surface area (Å²) in [4.78, 5) is 2.44. The zero-order valence-corrected chi connectivity index (χ0v) is 30.3. The van der Waals surface area contributed by atoms with E-state index >= 15 is 0 Å². The molecule has 0 N–H and O–H groups in total.